The summed E-state index contributed by atoms with van der Waals surface area (Å²) in [6, 6.07) is 26.6. The van der Waals surface area contributed by atoms with Crippen LogP contribution < -0.4 is 4.72 Å². The second-order valence-corrected chi connectivity index (χ2v) is 11.2. The minimum atomic E-state index is -3.76. The third kappa shape index (κ3) is 4.01. The quantitative estimate of drug-likeness (QED) is 0.543. The van der Waals surface area contributed by atoms with Gasteiger partial charge in [-0.3, -0.25) is 0 Å². The van der Waals surface area contributed by atoms with Gasteiger partial charge in [-0.2, -0.15) is 0 Å². The Morgan fingerprint density at radius 1 is 0.794 bits per heavy atom. The van der Waals surface area contributed by atoms with Crippen molar-refractivity contribution >= 4 is 10.0 Å². The predicted octanol–water partition coefficient (Wildman–Crippen LogP) is 4.72. The van der Waals surface area contributed by atoms with Crippen molar-refractivity contribution in [3.8, 4) is 0 Å². The van der Waals surface area contributed by atoms with E-state index in [1.807, 2.05) is 63.2 Å². The maximum atomic E-state index is 13.2. The highest BCUT2D eigenvalue weighted by atomic mass is 32.2. The summed E-state index contributed by atoms with van der Waals surface area (Å²) in [6.07, 6.45) is 3.02. The van der Waals surface area contributed by atoms with Crippen LogP contribution in [0.2, 0.25) is 0 Å². The first kappa shape index (κ1) is 23.0. The van der Waals surface area contributed by atoms with Crippen LogP contribution in [0.4, 0.5) is 0 Å². The molecule has 3 aromatic rings. The predicted molar refractivity (Wildman–Crippen MR) is 132 cm³/mol. The summed E-state index contributed by atoms with van der Waals surface area (Å²) >= 11 is 0. The Balaban J connectivity index is 1.62. The SMILES string of the molecule is Cc1ccc(S(=O)(=O)N[C@@H]2C=CC(c3ccccc3)(c3ccccc3)[C@H]3OC(C)(C)O[C@@H]23)cc1. The van der Waals surface area contributed by atoms with Gasteiger partial charge in [0.15, 0.2) is 5.79 Å². The average Bonchev–Trinajstić information content (AvgIpc) is 3.17. The lowest BCUT2D eigenvalue weighted by Gasteiger charge is -2.43. The molecule has 3 atom stereocenters. The summed E-state index contributed by atoms with van der Waals surface area (Å²) in [5.74, 6) is -0.871. The van der Waals surface area contributed by atoms with Crippen molar-refractivity contribution in [2.24, 2.45) is 0 Å². The highest BCUT2D eigenvalue weighted by Crippen LogP contribution is 2.49. The summed E-state index contributed by atoms with van der Waals surface area (Å²) in [5, 5.41) is 0. The van der Waals surface area contributed by atoms with Crippen LogP contribution in [0.25, 0.3) is 0 Å². The van der Waals surface area contributed by atoms with Crippen LogP contribution >= 0.6 is 0 Å². The lowest BCUT2D eigenvalue weighted by Crippen LogP contribution is -2.56. The molecule has 1 aliphatic carbocycles. The van der Waals surface area contributed by atoms with Gasteiger partial charge < -0.3 is 9.47 Å². The van der Waals surface area contributed by atoms with Gasteiger partial charge >= 0.3 is 0 Å². The molecular formula is C28H29NO4S. The molecule has 1 N–H and O–H groups in total. The summed E-state index contributed by atoms with van der Waals surface area (Å²) in [6.45, 7) is 5.67. The highest BCUT2D eigenvalue weighted by molar-refractivity contribution is 7.89. The molecule has 0 bridgehead atoms. The first-order valence-electron chi connectivity index (χ1n) is 11.5. The van der Waals surface area contributed by atoms with Crippen molar-refractivity contribution in [1.82, 2.24) is 4.72 Å². The number of aryl methyl sites for hydroxylation is 1. The maximum Gasteiger partial charge on any atom is 0.241 e. The molecule has 1 saturated heterocycles. The molecule has 6 heteroatoms. The highest BCUT2D eigenvalue weighted by Gasteiger charge is 2.57. The van der Waals surface area contributed by atoms with Crippen LogP contribution in [-0.2, 0) is 24.9 Å². The molecule has 2 aliphatic rings. The fourth-order valence-electron chi connectivity index (χ4n) is 5.05. The molecule has 5 rings (SSSR count). The van der Waals surface area contributed by atoms with Gasteiger partial charge in [-0.1, -0.05) is 90.5 Å². The van der Waals surface area contributed by atoms with Gasteiger partial charge in [-0.25, -0.2) is 13.1 Å². The van der Waals surface area contributed by atoms with E-state index >= 15 is 0 Å². The van der Waals surface area contributed by atoms with E-state index in [0.717, 1.165) is 16.7 Å². The molecule has 0 spiro atoms. The van der Waals surface area contributed by atoms with Gasteiger partial charge in [0.05, 0.1) is 16.4 Å². The molecule has 1 heterocycles. The zero-order chi connectivity index (χ0) is 24.0. The van der Waals surface area contributed by atoms with Crippen molar-refractivity contribution in [2.45, 2.75) is 55.1 Å². The molecule has 34 heavy (non-hydrogen) atoms. The van der Waals surface area contributed by atoms with E-state index in [1.54, 1.807) is 24.3 Å². The average molecular weight is 476 g/mol. The van der Waals surface area contributed by atoms with E-state index in [0.29, 0.717) is 0 Å². The number of hydrogen-bond acceptors (Lipinski definition) is 4. The lowest BCUT2D eigenvalue weighted by molar-refractivity contribution is -0.149. The second kappa shape index (κ2) is 8.47. The molecule has 1 aliphatic heterocycles. The summed E-state index contributed by atoms with van der Waals surface area (Å²) in [4.78, 5) is 0.226. The molecule has 0 unspecified atom stereocenters. The summed E-state index contributed by atoms with van der Waals surface area (Å²) in [7, 11) is -3.76. The topological polar surface area (TPSA) is 64.6 Å². The number of sulfonamides is 1. The van der Waals surface area contributed by atoms with Gasteiger partial charge in [0.1, 0.15) is 12.2 Å². The van der Waals surface area contributed by atoms with E-state index in [9.17, 15) is 8.42 Å². The third-order valence-corrected chi connectivity index (χ3v) is 8.10. The van der Waals surface area contributed by atoms with E-state index in [-0.39, 0.29) is 4.90 Å². The molecule has 5 nitrogen and oxygen atoms in total. The van der Waals surface area contributed by atoms with E-state index in [1.165, 1.54) is 0 Å². The first-order valence-corrected chi connectivity index (χ1v) is 12.9. The molecular weight excluding hydrogens is 446 g/mol. The Morgan fingerprint density at radius 3 is 1.91 bits per heavy atom. The maximum absolute atomic E-state index is 13.2. The molecule has 3 aromatic carbocycles. The van der Waals surface area contributed by atoms with E-state index < -0.39 is 39.5 Å². The Morgan fingerprint density at radius 2 is 1.35 bits per heavy atom. The minimum absolute atomic E-state index is 0.226. The van der Waals surface area contributed by atoms with Crippen LogP contribution in [0, 0.1) is 6.92 Å². The number of hydrogen-bond donors (Lipinski definition) is 1. The van der Waals surface area contributed by atoms with Crippen LogP contribution in [0.1, 0.15) is 30.5 Å². The Hall–Kier alpha value is -2.77. The summed E-state index contributed by atoms with van der Waals surface area (Å²) in [5.41, 5.74) is 2.50. The third-order valence-electron chi connectivity index (χ3n) is 6.62. The van der Waals surface area contributed by atoms with Gasteiger partial charge in [0.2, 0.25) is 10.0 Å². The Labute approximate surface area is 201 Å². The summed E-state index contributed by atoms with van der Waals surface area (Å²) < 4.78 is 42.2. The van der Waals surface area contributed by atoms with Gasteiger partial charge in [0.25, 0.3) is 0 Å². The zero-order valence-corrected chi connectivity index (χ0v) is 20.3. The lowest BCUT2D eigenvalue weighted by atomic mass is 9.65. The number of benzene rings is 3. The Kier molecular flexibility index (Phi) is 5.73. The van der Waals surface area contributed by atoms with Crippen molar-refractivity contribution in [1.29, 1.82) is 0 Å². The van der Waals surface area contributed by atoms with E-state index in [4.69, 9.17) is 9.47 Å². The second-order valence-electron chi connectivity index (χ2n) is 9.44. The van der Waals surface area contributed by atoms with Gasteiger partial charge in [-0.15, -0.1) is 0 Å². The molecule has 0 aromatic heterocycles. The molecule has 0 saturated carbocycles. The van der Waals surface area contributed by atoms with Crippen molar-refractivity contribution in [3.63, 3.8) is 0 Å². The first-order chi connectivity index (χ1) is 16.2. The smallest absolute Gasteiger partial charge is 0.241 e. The molecule has 0 radical (unpaired) electrons. The van der Waals surface area contributed by atoms with E-state index in [2.05, 4.69) is 35.1 Å². The van der Waals surface area contributed by atoms with Crippen molar-refractivity contribution in [2.75, 3.05) is 0 Å². The molecule has 1 fully saturated rings. The van der Waals surface area contributed by atoms with Crippen LogP contribution in [0.15, 0.2) is 102 Å². The van der Waals surface area contributed by atoms with Crippen LogP contribution in [0.3, 0.4) is 0 Å². The number of rotatable bonds is 5. The van der Waals surface area contributed by atoms with Crippen molar-refractivity contribution < 1.29 is 17.9 Å². The van der Waals surface area contributed by atoms with Gasteiger partial charge in [-0.05, 0) is 44.0 Å². The zero-order valence-electron chi connectivity index (χ0n) is 19.5. The molecule has 176 valence electrons. The van der Waals surface area contributed by atoms with Crippen LogP contribution in [-0.4, -0.2) is 32.5 Å². The van der Waals surface area contributed by atoms with Crippen LogP contribution in [0.5, 0.6) is 0 Å². The normalized spacial score (nSPS) is 25.1. The molecule has 0 amide bonds. The largest absolute Gasteiger partial charge is 0.343 e. The Bertz CT molecular complexity index is 1250. The fraction of sp³-hybridized carbons (Fsp3) is 0.286. The standard InChI is InChI=1S/C28H29NO4S/c1-20-14-16-23(17-15-20)34(30,31)29-24-18-19-28(21-10-6-4-7-11-21,22-12-8-5-9-13-22)26-25(24)32-27(2,3)33-26/h4-19,24-26,29H,1-3H3/t24-,25+,26+/m1/s1. The number of nitrogens with one attached hydrogen (secondary N) is 1. The van der Waals surface area contributed by atoms with Gasteiger partial charge in [0, 0.05) is 0 Å². The van der Waals surface area contributed by atoms with Crippen molar-refractivity contribution in [3.05, 3.63) is 114 Å². The monoisotopic (exact) mass is 475 g/mol. The number of ether oxygens (including phenoxy) is 2. The number of fused-ring (bicyclic) bond motifs is 1. The minimum Gasteiger partial charge on any atom is -0.343 e. The fourth-order valence-corrected chi connectivity index (χ4v) is 6.25.